The van der Waals surface area contributed by atoms with Crippen molar-refractivity contribution in [2.24, 2.45) is 0 Å². The molecule has 0 radical (unpaired) electrons. The summed E-state index contributed by atoms with van der Waals surface area (Å²) in [6, 6.07) is 21.2. The number of carbonyl (C=O) groups is 2. The molecule has 1 N–H and O–H groups in total. The van der Waals surface area contributed by atoms with E-state index in [1.807, 2.05) is 42.5 Å². The molecule has 30 heavy (non-hydrogen) atoms. The quantitative estimate of drug-likeness (QED) is 0.327. The Hall–Kier alpha value is -3.80. The lowest BCUT2D eigenvalue weighted by molar-refractivity contribution is -0.137. The number of benzene rings is 3. The summed E-state index contributed by atoms with van der Waals surface area (Å²) in [7, 11) is 0. The van der Waals surface area contributed by atoms with E-state index < -0.39 is 12.1 Å². The van der Waals surface area contributed by atoms with Crippen LogP contribution in [-0.2, 0) is 16.0 Å². The van der Waals surface area contributed by atoms with Crippen LogP contribution in [0.4, 0.5) is 4.79 Å². The zero-order chi connectivity index (χ0) is 21.2. The van der Waals surface area contributed by atoms with Crippen LogP contribution in [0.15, 0.2) is 79.4 Å². The van der Waals surface area contributed by atoms with Gasteiger partial charge in [0.1, 0.15) is 18.1 Å². The Morgan fingerprint density at radius 2 is 1.57 bits per heavy atom. The van der Waals surface area contributed by atoms with Gasteiger partial charge >= 0.3 is 12.1 Å². The van der Waals surface area contributed by atoms with Crippen LogP contribution >= 0.6 is 0 Å². The first-order chi connectivity index (χ1) is 14.7. The van der Waals surface area contributed by atoms with Crippen molar-refractivity contribution in [3.63, 3.8) is 0 Å². The first kappa shape index (κ1) is 20.9. The molecule has 0 saturated carbocycles. The van der Waals surface area contributed by atoms with Gasteiger partial charge in [-0.1, -0.05) is 61.2 Å². The molecule has 0 fully saturated rings. The number of hydrogen-bond acceptors (Lipinski definition) is 5. The molecule has 3 rings (SSSR count). The van der Waals surface area contributed by atoms with Gasteiger partial charge in [0.05, 0.1) is 13.2 Å². The molecule has 154 valence electrons. The Kier molecular flexibility index (Phi) is 7.44. The van der Waals surface area contributed by atoms with Crippen molar-refractivity contribution in [3.8, 4) is 11.5 Å². The fourth-order valence-corrected chi connectivity index (χ4v) is 2.89. The minimum absolute atomic E-state index is 0.0366. The first-order valence-corrected chi connectivity index (χ1v) is 9.60. The second-order valence-electron chi connectivity index (χ2n) is 6.38. The van der Waals surface area contributed by atoms with Crippen molar-refractivity contribution in [2.75, 3.05) is 19.8 Å². The Morgan fingerprint density at radius 3 is 2.30 bits per heavy atom. The van der Waals surface area contributed by atoms with Crippen LogP contribution in [0.2, 0.25) is 0 Å². The molecule has 1 amide bonds. The van der Waals surface area contributed by atoms with Gasteiger partial charge < -0.3 is 19.5 Å². The minimum atomic E-state index is -0.632. The summed E-state index contributed by atoms with van der Waals surface area (Å²) < 4.78 is 16.2. The summed E-state index contributed by atoms with van der Waals surface area (Å²) in [5.74, 6) is 0.603. The number of ether oxygens (including phenoxy) is 3. The van der Waals surface area contributed by atoms with Crippen LogP contribution in [0, 0.1) is 0 Å². The highest BCUT2D eigenvalue weighted by atomic mass is 16.6. The van der Waals surface area contributed by atoms with Crippen molar-refractivity contribution in [2.45, 2.75) is 6.42 Å². The van der Waals surface area contributed by atoms with Crippen molar-refractivity contribution in [3.05, 3.63) is 84.9 Å². The Bertz CT molecular complexity index is 1020. The lowest BCUT2D eigenvalue weighted by Crippen LogP contribution is -2.30. The molecule has 0 spiro atoms. The fourth-order valence-electron chi connectivity index (χ4n) is 2.89. The molecule has 0 unspecified atom stereocenters. The van der Waals surface area contributed by atoms with Gasteiger partial charge in [-0.15, -0.1) is 0 Å². The van der Waals surface area contributed by atoms with Gasteiger partial charge in [0.2, 0.25) is 0 Å². The summed E-state index contributed by atoms with van der Waals surface area (Å²) in [6.45, 7) is 4.02. The number of nitrogens with one attached hydrogen (secondary N) is 1. The van der Waals surface area contributed by atoms with Gasteiger partial charge in [0.25, 0.3) is 0 Å². The molecule has 0 aliphatic heterocycles. The highest BCUT2D eigenvalue weighted by Crippen LogP contribution is 2.32. The molecule has 0 atom stereocenters. The summed E-state index contributed by atoms with van der Waals surface area (Å²) in [5.41, 5.74) is 1.21. The third-order valence-corrected chi connectivity index (χ3v) is 4.32. The fraction of sp³-hybridized carbons (Fsp3) is 0.167. The molecule has 3 aromatic rings. The molecule has 6 heteroatoms. The molecule has 0 bridgehead atoms. The van der Waals surface area contributed by atoms with Gasteiger partial charge in [0, 0.05) is 23.3 Å². The van der Waals surface area contributed by atoms with Crippen LogP contribution in [-0.4, -0.2) is 31.8 Å². The van der Waals surface area contributed by atoms with Crippen molar-refractivity contribution < 1.29 is 23.8 Å². The van der Waals surface area contributed by atoms with Crippen LogP contribution in [0.1, 0.15) is 5.56 Å². The number of fused-ring (bicyclic) bond motifs is 1. The number of esters is 1. The average molecular weight is 405 g/mol. The predicted octanol–water partition coefficient (Wildman–Crippen LogP) is 4.28. The van der Waals surface area contributed by atoms with Crippen LogP contribution in [0.5, 0.6) is 11.5 Å². The van der Waals surface area contributed by atoms with E-state index in [0.717, 1.165) is 29.0 Å². The summed E-state index contributed by atoms with van der Waals surface area (Å²) >= 11 is 0. The van der Waals surface area contributed by atoms with Crippen LogP contribution in [0.3, 0.4) is 0 Å². The van der Waals surface area contributed by atoms with E-state index in [1.54, 1.807) is 12.1 Å². The second kappa shape index (κ2) is 10.7. The second-order valence-corrected chi connectivity index (χ2v) is 6.38. The SMILES string of the molecule is C=CC(=O)OCCNC(=O)Oc1cccc2c(OCCc3ccccc3)cccc12. The Morgan fingerprint density at radius 1 is 0.867 bits per heavy atom. The van der Waals surface area contributed by atoms with Crippen LogP contribution in [0.25, 0.3) is 10.8 Å². The topological polar surface area (TPSA) is 73.9 Å². The maximum absolute atomic E-state index is 12.1. The summed E-state index contributed by atoms with van der Waals surface area (Å²) in [5, 5.41) is 4.16. The van der Waals surface area contributed by atoms with E-state index in [1.165, 1.54) is 5.56 Å². The van der Waals surface area contributed by atoms with E-state index in [0.29, 0.717) is 12.4 Å². The molecule has 6 nitrogen and oxygen atoms in total. The van der Waals surface area contributed by atoms with Gasteiger partial charge in [-0.3, -0.25) is 0 Å². The van der Waals surface area contributed by atoms with E-state index in [4.69, 9.17) is 14.2 Å². The van der Waals surface area contributed by atoms with Gasteiger partial charge in [-0.05, 0) is 17.7 Å². The number of amides is 1. The highest BCUT2D eigenvalue weighted by Gasteiger charge is 2.10. The maximum Gasteiger partial charge on any atom is 0.412 e. The van der Waals surface area contributed by atoms with Crippen molar-refractivity contribution in [1.82, 2.24) is 5.32 Å². The third-order valence-electron chi connectivity index (χ3n) is 4.32. The summed E-state index contributed by atoms with van der Waals surface area (Å²) in [6.07, 6.45) is 1.23. The Balaban J connectivity index is 1.61. The van der Waals surface area contributed by atoms with Crippen molar-refractivity contribution in [1.29, 1.82) is 0 Å². The van der Waals surface area contributed by atoms with Crippen LogP contribution < -0.4 is 14.8 Å². The van der Waals surface area contributed by atoms with Gasteiger partial charge in [0.15, 0.2) is 0 Å². The minimum Gasteiger partial charge on any atom is -0.493 e. The highest BCUT2D eigenvalue weighted by molar-refractivity contribution is 5.94. The lowest BCUT2D eigenvalue weighted by atomic mass is 10.1. The smallest absolute Gasteiger partial charge is 0.412 e. The maximum atomic E-state index is 12.1. The largest absolute Gasteiger partial charge is 0.493 e. The van der Waals surface area contributed by atoms with E-state index in [2.05, 4.69) is 24.0 Å². The standard InChI is InChI=1S/C24H23NO5/c1-2-23(26)29-17-15-25-24(27)30-22-13-7-10-19-20(22)11-6-12-21(19)28-16-14-18-8-4-3-5-9-18/h2-13H,1,14-17H2,(H,25,27). The van der Waals surface area contributed by atoms with E-state index in [9.17, 15) is 9.59 Å². The molecule has 0 aliphatic rings. The average Bonchev–Trinajstić information content (AvgIpc) is 2.78. The third kappa shape index (κ3) is 5.85. The molecular weight excluding hydrogens is 382 g/mol. The number of carbonyl (C=O) groups excluding carboxylic acids is 2. The Labute approximate surface area is 175 Å². The molecule has 0 aliphatic carbocycles. The van der Waals surface area contributed by atoms with E-state index in [-0.39, 0.29) is 13.2 Å². The number of hydrogen-bond donors (Lipinski definition) is 1. The lowest BCUT2D eigenvalue weighted by Gasteiger charge is -2.12. The normalized spacial score (nSPS) is 10.3. The first-order valence-electron chi connectivity index (χ1n) is 9.60. The molecular formula is C24H23NO5. The van der Waals surface area contributed by atoms with Gasteiger partial charge in [-0.25, -0.2) is 9.59 Å². The molecule has 0 aromatic heterocycles. The molecule has 0 heterocycles. The zero-order valence-corrected chi connectivity index (χ0v) is 16.5. The van der Waals surface area contributed by atoms with Gasteiger partial charge in [-0.2, -0.15) is 0 Å². The van der Waals surface area contributed by atoms with Crippen molar-refractivity contribution >= 4 is 22.8 Å². The van der Waals surface area contributed by atoms with E-state index >= 15 is 0 Å². The predicted molar refractivity (Wildman–Crippen MR) is 115 cm³/mol. The number of rotatable bonds is 9. The molecule has 3 aromatic carbocycles. The zero-order valence-electron chi connectivity index (χ0n) is 16.5. The summed E-state index contributed by atoms with van der Waals surface area (Å²) in [4.78, 5) is 23.0. The molecule has 0 saturated heterocycles. The monoisotopic (exact) mass is 405 g/mol.